The van der Waals surface area contributed by atoms with E-state index >= 15 is 0 Å². The lowest BCUT2D eigenvalue weighted by atomic mass is 10.0. The van der Waals surface area contributed by atoms with Crippen LogP contribution in [-0.4, -0.2) is 15.0 Å². The van der Waals surface area contributed by atoms with E-state index in [-0.39, 0.29) is 0 Å². The van der Waals surface area contributed by atoms with E-state index in [1.54, 1.807) is 0 Å². The lowest BCUT2D eigenvalue weighted by Crippen LogP contribution is -2.04. The summed E-state index contributed by atoms with van der Waals surface area (Å²) in [5.41, 5.74) is 6.67. The average Bonchev–Trinajstić information content (AvgIpc) is 3.07. The quantitative estimate of drug-likeness (QED) is 0.530. The van der Waals surface area contributed by atoms with Gasteiger partial charge in [0.15, 0.2) is 0 Å². The van der Waals surface area contributed by atoms with Gasteiger partial charge in [-0.15, -0.1) is 5.10 Å². The second-order valence-electron chi connectivity index (χ2n) is 6.11. The van der Waals surface area contributed by atoms with Crippen molar-refractivity contribution in [1.82, 2.24) is 15.0 Å². The van der Waals surface area contributed by atoms with E-state index in [9.17, 15) is 0 Å². The zero-order chi connectivity index (χ0) is 17.1. The van der Waals surface area contributed by atoms with Crippen LogP contribution in [0.2, 0.25) is 0 Å². The van der Waals surface area contributed by atoms with Gasteiger partial charge in [0.1, 0.15) is 5.69 Å². The van der Waals surface area contributed by atoms with Crippen molar-refractivity contribution in [3.63, 3.8) is 0 Å². The first-order valence-corrected chi connectivity index (χ1v) is 8.42. The number of aryl methyl sites for hydroxylation is 1. The van der Waals surface area contributed by atoms with Gasteiger partial charge in [0, 0.05) is 11.1 Å². The third-order valence-electron chi connectivity index (χ3n) is 4.36. The maximum absolute atomic E-state index is 4.51. The molecule has 0 bridgehead atoms. The van der Waals surface area contributed by atoms with Gasteiger partial charge in [-0.05, 0) is 18.1 Å². The smallest absolute Gasteiger partial charge is 0.121 e. The highest BCUT2D eigenvalue weighted by Gasteiger charge is 2.18. The Morgan fingerprint density at radius 1 is 0.760 bits per heavy atom. The number of nitrogens with zero attached hydrogens (tertiary/aromatic N) is 3. The molecule has 0 N–H and O–H groups in total. The highest BCUT2D eigenvalue weighted by molar-refractivity contribution is 5.79. The second-order valence-corrected chi connectivity index (χ2v) is 6.11. The highest BCUT2D eigenvalue weighted by atomic mass is 15.4. The fourth-order valence-electron chi connectivity index (χ4n) is 3.08. The van der Waals surface area contributed by atoms with E-state index in [1.807, 2.05) is 28.9 Å². The second kappa shape index (κ2) is 6.73. The zero-order valence-corrected chi connectivity index (χ0v) is 14.1. The van der Waals surface area contributed by atoms with Crippen LogP contribution in [0.5, 0.6) is 0 Å². The topological polar surface area (TPSA) is 30.7 Å². The molecule has 3 nitrogen and oxygen atoms in total. The van der Waals surface area contributed by atoms with Crippen LogP contribution in [0.15, 0.2) is 84.9 Å². The van der Waals surface area contributed by atoms with Crippen molar-refractivity contribution >= 4 is 0 Å². The molecule has 0 saturated heterocycles. The minimum absolute atomic E-state index is 0.699. The van der Waals surface area contributed by atoms with Crippen LogP contribution in [0.1, 0.15) is 11.1 Å². The largest absolute Gasteiger partial charge is 0.240 e. The van der Waals surface area contributed by atoms with Crippen LogP contribution in [0.4, 0.5) is 0 Å². The molecule has 1 aromatic heterocycles. The van der Waals surface area contributed by atoms with Crippen LogP contribution in [-0.2, 0) is 6.54 Å². The van der Waals surface area contributed by atoms with E-state index in [4.69, 9.17) is 0 Å². The van der Waals surface area contributed by atoms with Crippen molar-refractivity contribution in [3.05, 3.63) is 96.1 Å². The Balaban J connectivity index is 1.88. The predicted octanol–water partition coefficient (Wildman–Crippen LogP) is 4.97. The van der Waals surface area contributed by atoms with Crippen LogP contribution < -0.4 is 0 Å². The minimum atomic E-state index is 0.699. The van der Waals surface area contributed by atoms with E-state index < -0.39 is 0 Å². The molecule has 0 aliphatic carbocycles. The molecule has 0 saturated carbocycles. The molecule has 0 unspecified atom stereocenters. The zero-order valence-electron chi connectivity index (χ0n) is 14.1. The van der Waals surface area contributed by atoms with Crippen molar-refractivity contribution < 1.29 is 0 Å². The van der Waals surface area contributed by atoms with E-state index in [1.165, 1.54) is 16.7 Å². The number of hydrogen-bond acceptors (Lipinski definition) is 2. The Bertz CT molecular complexity index is 973. The van der Waals surface area contributed by atoms with Crippen LogP contribution in [0, 0.1) is 6.92 Å². The molecule has 0 fully saturated rings. The Morgan fingerprint density at radius 3 is 2.12 bits per heavy atom. The third kappa shape index (κ3) is 3.09. The summed E-state index contributed by atoms with van der Waals surface area (Å²) >= 11 is 0. The average molecular weight is 325 g/mol. The van der Waals surface area contributed by atoms with Gasteiger partial charge in [-0.3, -0.25) is 0 Å². The molecular weight excluding hydrogens is 306 g/mol. The molecule has 0 amide bonds. The Labute approximate surface area is 147 Å². The standard InChI is InChI=1S/C22H19N3/c1-17-10-8-9-15-20(17)22-21(19-13-6-3-7-14-19)23-24-25(22)16-18-11-4-2-5-12-18/h2-15H,16H2,1H3. The summed E-state index contributed by atoms with van der Waals surface area (Å²) in [5.74, 6) is 0. The Kier molecular flexibility index (Phi) is 4.13. The molecule has 1 heterocycles. The molecule has 3 aromatic carbocycles. The number of benzene rings is 3. The lowest BCUT2D eigenvalue weighted by molar-refractivity contribution is 0.655. The molecule has 0 radical (unpaired) electrons. The van der Waals surface area contributed by atoms with Crippen molar-refractivity contribution in [2.45, 2.75) is 13.5 Å². The molecule has 0 atom stereocenters. The summed E-state index contributed by atoms with van der Waals surface area (Å²) in [6.45, 7) is 2.83. The van der Waals surface area contributed by atoms with E-state index in [0.29, 0.717) is 6.54 Å². The molecule has 0 spiro atoms. The Morgan fingerprint density at radius 2 is 1.40 bits per heavy atom. The fraction of sp³-hybridized carbons (Fsp3) is 0.0909. The minimum Gasteiger partial charge on any atom is -0.240 e. The summed E-state index contributed by atoms with van der Waals surface area (Å²) in [6.07, 6.45) is 0. The lowest BCUT2D eigenvalue weighted by Gasteiger charge is -2.11. The molecule has 25 heavy (non-hydrogen) atoms. The molecule has 0 aliphatic heterocycles. The molecule has 4 rings (SSSR count). The van der Waals surface area contributed by atoms with Crippen molar-refractivity contribution in [3.8, 4) is 22.5 Å². The van der Waals surface area contributed by atoms with Gasteiger partial charge in [-0.1, -0.05) is 90.1 Å². The molecule has 4 aromatic rings. The molecule has 3 heteroatoms. The van der Waals surface area contributed by atoms with Crippen LogP contribution in [0.3, 0.4) is 0 Å². The number of rotatable bonds is 4. The van der Waals surface area contributed by atoms with Crippen molar-refractivity contribution in [2.75, 3.05) is 0 Å². The number of hydrogen-bond donors (Lipinski definition) is 0. The maximum atomic E-state index is 4.51. The van der Waals surface area contributed by atoms with Gasteiger partial charge >= 0.3 is 0 Å². The van der Waals surface area contributed by atoms with Crippen molar-refractivity contribution in [1.29, 1.82) is 0 Å². The summed E-state index contributed by atoms with van der Waals surface area (Å²) in [4.78, 5) is 0. The predicted molar refractivity (Wildman–Crippen MR) is 101 cm³/mol. The fourth-order valence-corrected chi connectivity index (χ4v) is 3.08. The van der Waals surface area contributed by atoms with E-state index in [0.717, 1.165) is 17.0 Å². The summed E-state index contributed by atoms with van der Waals surface area (Å²) in [5, 5.41) is 8.98. The first kappa shape index (κ1) is 15.3. The summed E-state index contributed by atoms with van der Waals surface area (Å²) < 4.78 is 2.00. The van der Waals surface area contributed by atoms with Crippen molar-refractivity contribution in [2.24, 2.45) is 0 Å². The van der Waals surface area contributed by atoms with Crippen LogP contribution in [0.25, 0.3) is 22.5 Å². The molecule has 122 valence electrons. The van der Waals surface area contributed by atoms with Gasteiger partial charge in [-0.25, -0.2) is 4.68 Å². The summed E-state index contributed by atoms with van der Waals surface area (Å²) in [6, 6.07) is 29.0. The monoisotopic (exact) mass is 325 g/mol. The van der Waals surface area contributed by atoms with Gasteiger partial charge < -0.3 is 0 Å². The normalized spacial score (nSPS) is 10.8. The van der Waals surface area contributed by atoms with Gasteiger partial charge in [0.2, 0.25) is 0 Å². The number of aromatic nitrogens is 3. The molecular formula is C22H19N3. The van der Waals surface area contributed by atoms with E-state index in [2.05, 4.69) is 77.9 Å². The van der Waals surface area contributed by atoms with Gasteiger partial charge in [0.05, 0.1) is 12.2 Å². The SMILES string of the molecule is Cc1ccccc1-c1c(-c2ccccc2)nnn1Cc1ccccc1. The van der Waals surface area contributed by atoms with Gasteiger partial charge in [-0.2, -0.15) is 0 Å². The van der Waals surface area contributed by atoms with Gasteiger partial charge in [0.25, 0.3) is 0 Å². The first-order chi connectivity index (χ1) is 12.3. The maximum Gasteiger partial charge on any atom is 0.121 e. The highest BCUT2D eigenvalue weighted by Crippen LogP contribution is 2.32. The summed E-state index contributed by atoms with van der Waals surface area (Å²) in [7, 11) is 0. The van der Waals surface area contributed by atoms with Crippen LogP contribution >= 0.6 is 0 Å². The Hall–Kier alpha value is -3.20. The third-order valence-corrected chi connectivity index (χ3v) is 4.36. The first-order valence-electron chi connectivity index (χ1n) is 8.42. The molecule has 0 aliphatic rings.